The highest BCUT2D eigenvalue weighted by Crippen LogP contribution is 2.29. The van der Waals surface area contributed by atoms with Gasteiger partial charge in [0.25, 0.3) is 0 Å². The van der Waals surface area contributed by atoms with Crippen LogP contribution in [0.5, 0.6) is 0 Å². The molecule has 0 spiro atoms. The first-order chi connectivity index (χ1) is 9.10. The number of alkyl halides is 3. The standard InChI is InChI=1S/C10H9F3N4O2S/c1-20(18,19)7-5-16-17(9(7)14)8-3-2-6(4-15-8)10(11,12)13/h2-5H,14H2,1H3. The molecule has 0 radical (unpaired) electrons. The third-order valence-electron chi connectivity index (χ3n) is 2.46. The fourth-order valence-electron chi connectivity index (χ4n) is 1.49. The first-order valence-corrected chi connectivity index (χ1v) is 7.07. The van der Waals surface area contributed by atoms with Crippen LogP contribution in [-0.2, 0) is 16.0 Å². The van der Waals surface area contributed by atoms with E-state index in [-0.39, 0.29) is 16.5 Å². The quantitative estimate of drug-likeness (QED) is 0.902. The second-order valence-corrected chi connectivity index (χ2v) is 5.97. The number of hydrogen-bond donors (Lipinski definition) is 1. The molecule has 0 aliphatic rings. The molecule has 0 fully saturated rings. The summed E-state index contributed by atoms with van der Waals surface area (Å²) in [5.41, 5.74) is 4.68. The Kier molecular flexibility index (Phi) is 3.20. The van der Waals surface area contributed by atoms with Crippen molar-refractivity contribution in [1.82, 2.24) is 14.8 Å². The van der Waals surface area contributed by atoms with Crippen molar-refractivity contribution >= 4 is 15.7 Å². The molecule has 0 unspecified atom stereocenters. The van der Waals surface area contributed by atoms with Crippen LogP contribution in [-0.4, -0.2) is 29.4 Å². The number of hydrogen-bond acceptors (Lipinski definition) is 5. The van der Waals surface area contributed by atoms with E-state index < -0.39 is 21.6 Å². The van der Waals surface area contributed by atoms with Gasteiger partial charge < -0.3 is 5.73 Å². The predicted molar refractivity (Wildman–Crippen MR) is 63.9 cm³/mol. The van der Waals surface area contributed by atoms with Crippen LogP contribution in [0.3, 0.4) is 0 Å². The van der Waals surface area contributed by atoms with Gasteiger partial charge in [-0.25, -0.2) is 13.4 Å². The van der Waals surface area contributed by atoms with Crippen molar-refractivity contribution < 1.29 is 21.6 Å². The lowest BCUT2D eigenvalue weighted by molar-refractivity contribution is -0.137. The van der Waals surface area contributed by atoms with E-state index in [0.717, 1.165) is 29.3 Å². The van der Waals surface area contributed by atoms with Crippen molar-refractivity contribution in [3.8, 4) is 5.82 Å². The maximum absolute atomic E-state index is 12.4. The molecule has 2 rings (SSSR count). The van der Waals surface area contributed by atoms with E-state index in [1.54, 1.807) is 0 Å². The fraction of sp³-hybridized carbons (Fsp3) is 0.200. The summed E-state index contributed by atoms with van der Waals surface area (Å²) in [4.78, 5) is 3.37. The van der Waals surface area contributed by atoms with Crippen LogP contribution in [0, 0.1) is 0 Å². The van der Waals surface area contributed by atoms with Crippen molar-refractivity contribution in [3.05, 3.63) is 30.1 Å². The molecule has 20 heavy (non-hydrogen) atoms. The number of sulfone groups is 1. The van der Waals surface area contributed by atoms with Crippen LogP contribution >= 0.6 is 0 Å². The Labute approximate surface area is 112 Å². The Balaban J connectivity index is 2.46. The topological polar surface area (TPSA) is 90.9 Å². The SMILES string of the molecule is CS(=O)(=O)c1cnn(-c2ccc(C(F)(F)F)cn2)c1N. The summed E-state index contributed by atoms with van der Waals surface area (Å²) < 4.78 is 60.9. The van der Waals surface area contributed by atoms with Gasteiger partial charge in [-0.2, -0.15) is 23.0 Å². The van der Waals surface area contributed by atoms with E-state index in [9.17, 15) is 21.6 Å². The maximum Gasteiger partial charge on any atom is 0.417 e. The van der Waals surface area contributed by atoms with Gasteiger partial charge in [-0.1, -0.05) is 0 Å². The molecule has 0 atom stereocenters. The minimum absolute atomic E-state index is 0.00889. The maximum atomic E-state index is 12.4. The summed E-state index contributed by atoms with van der Waals surface area (Å²) in [7, 11) is -3.57. The van der Waals surface area contributed by atoms with Gasteiger partial charge in [0.05, 0.1) is 11.8 Å². The number of rotatable bonds is 2. The lowest BCUT2D eigenvalue weighted by Gasteiger charge is -2.07. The zero-order chi connectivity index (χ0) is 15.1. The van der Waals surface area contributed by atoms with Gasteiger partial charge in [0, 0.05) is 12.5 Å². The van der Waals surface area contributed by atoms with E-state index in [1.165, 1.54) is 0 Å². The normalized spacial score (nSPS) is 12.6. The van der Waals surface area contributed by atoms with Crippen molar-refractivity contribution in [2.24, 2.45) is 0 Å². The monoisotopic (exact) mass is 306 g/mol. The molecule has 2 N–H and O–H groups in total. The summed E-state index contributed by atoms with van der Waals surface area (Å²) >= 11 is 0. The second-order valence-electron chi connectivity index (χ2n) is 3.98. The van der Waals surface area contributed by atoms with E-state index in [2.05, 4.69) is 10.1 Å². The summed E-state index contributed by atoms with van der Waals surface area (Å²) in [6.45, 7) is 0. The lowest BCUT2D eigenvalue weighted by atomic mass is 10.3. The van der Waals surface area contributed by atoms with E-state index in [1.807, 2.05) is 0 Å². The highest BCUT2D eigenvalue weighted by Gasteiger charge is 2.30. The van der Waals surface area contributed by atoms with Crippen molar-refractivity contribution in [3.63, 3.8) is 0 Å². The molecule has 0 aromatic carbocycles. The second kappa shape index (κ2) is 4.47. The summed E-state index contributed by atoms with van der Waals surface area (Å²) in [5.74, 6) is -0.217. The molecule has 2 aromatic rings. The summed E-state index contributed by atoms with van der Waals surface area (Å²) in [6, 6.07) is 1.86. The van der Waals surface area contributed by atoms with Crippen LogP contribution in [0.1, 0.15) is 5.56 Å². The lowest BCUT2D eigenvalue weighted by Crippen LogP contribution is -2.09. The van der Waals surface area contributed by atoms with Gasteiger partial charge in [-0.05, 0) is 12.1 Å². The highest BCUT2D eigenvalue weighted by atomic mass is 32.2. The molecule has 6 nitrogen and oxygen atoms in total. The molecule has 0 saturated heterocycles. The number of halogens is 3. The van der Waals surface area contributed by atoms with Crippen molar-refractivity contribution in [2.75, 3.05) is 12.0 Å². The Bertz CT molecular complexity index is 735. The molecule has 0 aliphatic heterocycles. The van der Waals surface area contributed by atoms with E-state index in [4.69, 9.17) is 5.73 Å². The van der Waals surface area contributed by atoms with Crippen LogP contribution in [0.25, 0.3) is 5.82 Å². The van der Waals surface area contributed by atoms with Gasteiger partial charge in [-0.15, -0.1) is 0 Å². The van der Waals surface area contributed by atoms with Crippen molar-refractivity contribution in [1.29, 1.82) is 0 Å². The fourth-order valence-corrected chi connectivity index (χ4v) is 2.20. The molecule has 108 valence electrons. The van der Waals surface area contributed by atoms with Crippen LogP contribution in [0.2, 0.25) is 0 Å². The van der Waals surface area contributed by atoms with Gasteiger partial charge >= 0.3 is 6.18 Å². The predicted octanol–water partition coefficient (Wildman–Crippen LogP) is 1.27. The number of nitrogen functional groups attached to an aromatic ring is 1. The van der Waals surface area contributed by atoms with Gasteiger partial charge in [-0.3, -0.25) is 0 Å². The smallest absolute Gasteiger partial charge is 0.382 e. The molecular formula is C10H9F3N4O2S. The molecule has 0 amide bonds. The number of pyridine rings is 1. The van der Waals surface area contributed by atoms with Crippen molar-refractivity contribution in [2.45, 2.75) is 11.1 Å². The Morgan fingerprint density at radius 3 is 2.30 bits per heavy atom. The van der Waals surface area contributed by atoms with Crippen LogP contribution in [0.15, 0.2) is 29.4 Å². The Morgan fingerprint density at radius 1 is 1.25 bits per heavy atom. The minimum Gasteiger partial charge on any atom is -0.382 e. The van der Waals surface area contributed by atoms with Gasteiger partial charge in [0.2, 0.25) is 0 Å². The average molecular weight is 306 g/mol. The molecule has 0 aliphatic carbocycles. The van der Waals surface area contributed by atoms with Gasteiger partial charge in [0.15, 0.2) is 15.7 Å². The zero-order valence-corrected chi connectivity index (χ0v) is 10.9. The minimum atomic E-state index is -4.50. The molecule has 2 heterocycles. The Morgan fingerprint density at radius 2 is 1.90 bits per heavy atom. The van der Waals surface area contributed by atoms with E-state index in [0.29, 0.717) is 6.20 Å². The average Bonchev–Trinajstić information content (AvgIpc) is 2.70. The number of nitrogens with two attached hydrogens (primary N) is 1. The zero-order valence-electron chi connectivity index (χ0n) is 10.1. The molecule has 2 aromatic heterocycles. The molecular weight excluding hydrogens is 297 g/mol. The number of aromatic nitrogens is 3. The summed E-state index contributed by atoms with van der Waals surface area (Å²) in [6.07, 6.45) is -1.91. The highest BCUT2D eigenvalue weighted by molar-refractivity contribution is 7.90. The first kappa shape index (κ1) is 14.3. The summed E-state index contributed by atoms with van der Waals surface area (Å²) in [5, 5.41) is 3.71. The number of anilines is 1. The van der Waals surface area contributed by atoms with E-state index >= 15 is 0 Å². The third kappa shape index (κ3) is 2.59. The third-order valence-corrected chi connectivity index (χ3v) is 3.58. The van der Waals surface area contributed by atoms with Crippen LogP contribution in [0.4, 0.5) is 19.0 Å². The van der Waals surface area contributed by atoms with Gasteiger partial charge in [0.1, 0.15) is 10.7 Å². The molecule has 10 heteroatoms. The first-order valence-electron chi connectivity index (χ1n) is 5.18. The largest absolute Gasteiger partial charge is 0.417 e. The van der Waals surface area contributed by atoms with Crippen LogP contribution < -0.4 is 5.73 Å². The molecule has 0 saturated carbocycles. The molecule has 0 bridgehead atoms. The number of nitrogens with zero attached hydrogens (tertiary/aromatic N) is 3. The Hall–Kier alpha value is -2.10.